The molecule has 1 aliphatic heterocycles. The van der Waals surface area contributed by atoms with Gasteiger partial charge in [-0.3, -0.25) is 14.7 Å². The van der Waals surface area contributed by atoms with Gasteiger partial charge in [0.1, 0.15) is 5.82 Å². The summed E-state index contributed by atoms with van der Waals surface area (Å²) in [5.74, 6) is -11.2. The number of guanidine groups is 1. The van der Waals surface area contributed by atoms with Gasteiger partial charge in [0.05, 0.1) is 25.3 Å². The molecule has 0 bridgehead atoms. The summed E-state index contributed by atoms with van der Waals surface area (Å²) in [4.78, 5) is 27.2. The lowest BCUT2D eigenvalue weighted by Crippen LogP contribution is -2.44. The van der Waals surface area contributed by atoms with Gasteiger partial charge >= 0.3 is 0 Å². The summed E-state index contributed by atoms with van der Waals surface area (Å²) in [5.41, 5.74) is 4.69. The van der Waals surface area contributed by atoms with Gasteiger partial charge in [-0.15, -0.1) is 0 Å². The average Bonchev–Trinajstić information content (AvgIpc) is 2.80. The molecular formula is C19H19F5N6O2. The Balaban J connectivity index is 2.17. The minimum absolute atomic E-state index is 0.000534. The van der Waals surface area contributed by atoms with Crippen LogP contribution in [0.25, 0.3) is 0 Å². The molecule has 0 saturated heterocycles. The van der Waals surface area contributed by atoms with Crippen molar-refractivity contribution < 1.29 is 31.5 Å². The Morgan fingerprint density at radius 3 is 2.44 bits per heavy atom. The lowest BCUT2D eigenvalue weighted by molar-refractivity contribution is -0.128. The molecule has 1 aromatic heterocycles. The molecule has 1 aromatic carbocycles. The Bertz CT molecular complexity index is 1100. The van der Waals surface area contributed by atoms with Gasteiger partial charge in [-0.2, -0.15) is 9.37 Å². The summed E-state index contributed by atoms with van der Waals surface area (Å²) in [6.45, 7) is 0.889. The summed E-state index contributed by atoms with van der Waals surface area (Å²) >= 11 is 0. The lowest BCUT2D eigenvalue weighted by Gasteiger charge is -2.28. The van der Waals surface area contributed by atoms with Crippen LogP contribution in [0.3, 0.4) is 0 Å². The Hall–Kier alpha value is -3.51. The van der Waals surface area contributed by atoms with Crippen molar-refractivity contribution in [2.75, 3.05) is 38.7 Å². The Morgan fingerprint density at radius 2 is 1.78 bits per heavy atom. The number of hydrogen-bond acceptors (Lipinski definition) is 7. The number of hydrogen-bond donors (Lipinski definition) is 1. The van der Waals surface area contributed by atoms with E-state index in [1.165, 1.54) is 26.0 Å². The van der Waals surface area contributed by atoms with E-state index in [9.17, 15) is 26.7 Å². The first-order valence-corrected chi connectivity index (χ1v) is 9.30. The number of nitrogens with zero attached hydrogens (tertiary/aromatic N) is 5. The van der Waals surface area contributed by atoms with E-state index in [-0.39, 0.29) is 42.6 Å². The number of anilines is 1. The van der Waals surface area contributed by atoms with Crippen molar-refractivity contribution >= 4 is 17.8 Å². The van der Waals surface area contributed by atoms with Gasteiger partial charge in [0.15, 0.2) is 23.4 Å². The first-order valence-electron chi connectivity index (χ1n) is 9.30. The summed E-state index contributed by atoms with van der Waals surface area (Å²) < 4.78 is 75.6. The minimum Gasteiger partial charge on any atom is -0.479 e. The summed E-state index contributed by atoms with van der Waals surface area (Å²) in [5, 5.41) is 0. The number of methoxy groups -OCH3 is 1. The van der Waals surface area contributed by atoms with Crippen molar-refractivity contribution in [3.8, 4) is 5.88 Å². The molecule has 0 spiro atoms. The number of amides is 1. The Labute approximate surface area is 179 Å². The van der Waals surface area contributed by atoms with Crippen LogP contribution in [0.15, 0.2) is 11.1 Å². The largest absolute Gasteiger partial charge is 0.479 e. The molecule has 3 rings (SSSR count). The second-order valence-electron chi connectivity index (χ2n) is 6.95. The zero-order valence-corrected chi connectivity index (χ0v) is 17.3. The SMILES string of the molecule is COc1nc(N2CCN=C(N)N(C)C(=O)[C@@H](c3c(F)cc(F)c(F)c3F)C2)nc(C)c1F. The van der Waals surface area contributed by atoms with Crippen molar-refractivity contribution in [3.63, 3.8) is 0 Å². The monoisotopic (exact) mass is 458 g/mol. The van der Waals surface area contributed by atoms with Gasteiger partial charge in [-0.25, -0.2) is 22.5 Å². The van der Waals surface area contributed by atoms with E-state index in [2.05, 4.69) is 15.0 Å². The van der Waals surface area contributed by atoms with Crippen LogP contribution >= 0.6 is 0 Å². The van der Waals surface area contributed by atoms with Gasteiger partial charge in [0, 0.05) is 31.8 Å². The number of nitrogens with two attached hydrogens (primary N) is 1. The highest BCUT2D eigenvalue weighted by atomic mass is 19.2. The van der Waals surface area contributed by atoms with E-state index in [4.69, 9.17) is 10.5 Å². The first-order chi connectivity index (χ1) is 15.1. The molecule has 1 atom stereocenters. The smallest absolute Gasteiger partial charge is 0.255 e. The predicted molar refractivity (Wildman–Crippen MR) is 104 cm³/mol. The van der Waals surface area contributed by atoms with Gasteiger partial charge in [0.25, 0.3) is 5.88 Å². The second kappa shape index (κ2) is 8.93. The molecule has 0 radical (unpaired) electrons. The molecule has 2 heterocycles. The van der Waals surface area contributed by atoms with Crippen LogP contribution < -0.4 is 15.4 Å². The second-order valence-corrected chi connectivity index (χ2v) is 6.95. The zero-order valence-electron chi connectivity index (χ0n) is 17.3. The lowest BCUT2D eigenvalue weighted by atomic mass is 9.95. The average molecular weight is 458 g/mol. The third kappa shape index (κ3) is 4.14. The zero-order chi connectivity index (χ0) is 23.7. The normalized spacial score (nSPS) is 17.6. The molecule has 8 nitrogen and oxygen atoms in total. The minimum atomic E-state index is -1.93. The number of aromatic nitrogens is 2. The summed E-state index contributed by atoms with van der Waals surface area (Å²) in [6.07, 6.45) is 0. The highest BCUT2D eigenvalue weighted by Gasteiger charge is 2.36. The number of likely N-dealkylation sites (N-methyl/N-ethyl adjacent to an activating group) is 1. The molecule has 172 valence electrons. The Kier molecular flexibility index (Phi) is 6.46. The van der Waals surface area contributed by atoms with Crippen molar-refractivity contribution in [2.45, 2.75) is 12.8 Å². The fourth-order valence-electron chi connectivity index (χ4n) is 3.22. The molecule has 13 heteroatoms. The van der Waals surface area contributed by atoms with Crippen molar-refractivity contribution in [3.05, 3.63) is 46.4 Å². The maximum absolute atomic E-state index is 14.6. The quantitative estimate of drug-likeness (QED) is 0.429. The number of aryl methyl sites for hydroxylation is 1. The molecule has 0 aliphatic carbocycles. The molecule has 2 aromatic rings. The molecule has 1 amide bonds. The fraction of sp³-hybridized carbons (Fsp3) is 0.368. The number of carbonyl (C=O) groups is 1. The van der Waals surface area contributed by atoms with Crippen LogP contribution in [0, 0.1) is 36.0 Å². The van der Waals surface area contributed by atoms with Gasteiger partial charge in [0.2, 0.25) is 17.7 Å². The number of ether oxygens (including phenoxy) is 1. The molecule has 0 saturated carbocycles. The van der Waals surface area contributed by atoms with E-state index < -0.39 is 53.0 Å². The predicted octanol–water partition coefficient (Wildman–Crippen LogP) is 1.87. The van der Waals surface area contributed by atoms with Gasteiger partial charge in [-0.1, -0.05) is 0 Å². The van der Waals surface area contributed by atoms with Crippen LogP contribution in [-0.4, -0.2) is 60.5 Å². The van der Waals surface area contributed by atoms with Crippen LogP contribution in [-0.2, 0) is 4.79 Å². The van der Waals surface area contributed by atoms with E-state index >= 15 is 0 Å². The third-order valence-electron chi connectivity index (χ3n) is 4.97. The molecule has 0 unspecified atom stereocenters. The number of carbonyl (C=O) groups excluding carboxylic acids is 1. The molecule has 32 heavy (non-hydrogen) atoms. The van der Waals surface area contributed by atoms with Crippen molar-refractivity contribution in [1.29, 1.82) is 0 Å². The van der Waals surface area contributed by atoms with Gasteiger partial charge in [-0.05, 0) is 6.92 Å². The van der Waals surface area contributed by atoms with Crippen LogP contribution in [0.4, 0.5) is 27.9 Å². The standard InChI is InChI=1S/C19H19F5N6O2/c1-8-13(22)16(32-3)28-19(27-8)30-5-4-26-18(25)29(2)17(31)9(7-30)12-10(20)6-11(21)14(23)15(12)24/h6,9H,4-5,7H2,1-3H3,(H2,25,26)/t9-/m1/s1. The maximum Gasteiger partial charge on any atom is 0.255 e. The number of aliphatic imine (C=N–C) groups is 1. The molecule has 1 aliphatic rings. The maximum atomic E-state index is 14.6. The van der Waals surface area contributed by atoms with Crippen molar-refractivity contribution in [2.24, 2.45) is 10.7 Å². The highest BCUT2D eigenvalue weighted by Crippen LogP contribution is 2.30. The van der Waals surface area contributed by atoms with Crippen LogP contribution in [0.2, 0.25) is 0 Å². The first kappa shape index (κ1) is 23.2. The molecule has 0 fully saturated rings. The number of halogens is 5. The van der Waals surface area contributed by atoms with Crippen LogP contribution in [0.5, 0.6) is 5.88 Å². The molecule has 2 N–H and O–H groups in total. The van der Waals surface area contributed by atoms with Gasteiger partial charge < -0.3 is 15.4 Å². The number of rotatable bonds is 3. The van der Waals surface area contributed by atoms with E-state index in [1.54, 1.807) is 0 Å². The van der Waals surface area contributed by atoms with E-state index in [1.807, 2.05) is 0 Å². The highest BCUT2D eigenvalue weighted by molar-refractivity contribution is 5.99. The number of benzene rings is 1. The van der Waals surface area contributed by atoms with Crippen molar-refractivity contribution in [1.82, 2.24) is 14.9 Å². The van der Waals surface area contributed by atoms with Crippen LogP contribution in [0.1, 0.15) is 17.2 Å². The Morgan fingerprint density at radius 1 is 1.09 bits per heavy atom. The van der Waals surface area contributed by atoms with E-state index in [0.717, 1.165) is 4.90 Å². The topological polar surface area (TPSA) is 96.9 Å². The summed E-state index contributed by atoms with van der Waals surface area (Å²) in [7, 11) is 2.41. The third-order valence-corrected chi connectivity index (χ3v) is 4.97. The van der Waals surface area contributed by atoms with E-state index in [0.29, 0.717) is 0 Å². The molecular weight excluding hydrogens is 439 g/mol. The fourth-order valence-corrected chi connectivity index (χ4v) is 3.22. The summed E-state index contributed by atoms with van der Waals surface area (Å²) in [6, 6.07) is 0.150.